The van der Waals surface area contributed by atoms with Crippen LogP contribution in [0.1, 0.15) is 26.7 Å². The Kier molecular flexibility index (Phi) is 3.88. The first-order valence-corrected chi connectivity index (χ1v) is 6.72. The Labute approximate surface area is 100 Å². The SMILES string of the molecule is C[C@@H]1CN(C2CCN(C)CC2)C[C@H](C)N1C. The van der Waals surface area contributed by atoms with Gasteiger partial charge in [-0.25, -0.2) is 0 Å². The summed E-state index contributed by atoms with van der Waals surface area (Å²) in [7, 11) is 4.51. The van der Waals surface area contributed by atoms with Gasteiger partial charge < -0.3 is 4.90 Å². The minimum Gasteiger partial charge on any atom is -0.306 e. The lowest BCUT2D eigenvalue weighted by Gasteiger charge is -2.47. The molecule has 2 rings (SSSR count). The monoisotopic (exact) mass is 225 g/mol. The Morgan fingerprint density at radius 1 is 0.875 bits per heavy atom. The summed E-state index contributed by atoms with van der Waals surface area (Å²) in [5, 5.41) is 0. The molecule has 2 aliphatic rings. The van der Waals surface area contributed by atoms with Crippen molar-refractivity contribution in [3.8, 4) is 0 Å². The second-order valence-corrected chi connectivity index (χ2v) is 5.85. The lowest BCUT2D eigenvalue weighted by atomic mass is 9.99. The summed E-state index contributed by atoms with van der Waals surface area (Å²) in [4.78, 5) is 7.72. The lowest BCUT2D eigenvalue weighted by Crippen LogP contribution is -2.58. The smallest absolute Gasteiger partial charge is 0.0195 e. The molecule has 3 heteroatoms. The van der Waals surface area contributed by atoms with Crippen LogP contribution in [0.15, 0.2) is 0 Å². The highest BCUT2D eigenvalue weighted by Crippen LogP contribution is 2.21. The van der Waals surface area contributed by atoms with Crippen molar-refractivity contribution in [3.63, 3.8) is 0 Å². The average molecular weight is 225 g/mol. The van der Waals surface area contributed by atoms with E-state index in [0.717, 1.165) is 6.04 Å². The van der Waals surface area contributed by atoms with Crippen LogP contribution < -0.4 is 0 Å². The summed E-state index contributed by atoms with van der Waals surface area (Å²) in [6, 6.07) is 2.27. The normalized spacial score (nSPS) is 36.8. The standard InChI is InChI=1S/C13H27N3/c1-11-9-16(10-12(2)15(11)4)13-5-7-14(3)8-6-13/h11-13H,5-10H2,1-4H3/t11-,12+. The number of piperazine rings is 1. The third kappa shape index (κ3) is 2.58. The summed E-state index contributed by atoms with van der Waals surface area (Å²) < 4.78 is 0. The molecular formula is C13H27N3. The molecule has 2 saturated heterocycles. The molecule has 2 aliphatic heterocycles. The number of piperidine rings is 1. The van der Waals surface area contributed by atoms with Gasteiger partial charge in [-0.1, -0.05) is 0 Å². The van der Waals surface area contributed by atoms with Crippen LogP contribution in [-0.4, -0.2) is 73.1 Å². The van der Waals surface area contributed by atoms with Crippen LogP contribution in [-0.2, 0) is 0 Å². The quantitative estimate of drug-likeness (QED) is 0.662. The van der Waals surface area contributed by atoms with E-state index >= 15 is 0 Å². The van der Waals surface area contributed by atoms with Crippen molar-refractivity contribution in [3.05, 3.63) is 0 Å². The molecule has 2 heterocycles. The summed E-state index contributed by atoms with van der Waals surface area (Å²) in [6.45, 7) is 9.79. The van der Waals surface area contributed by atoms with Crippen LogP contribution in [0.5, 0.6) is 0 Å². The molecule has 0 unspecified atom stereocenters. The molecule has 0 amide bonds. The van der Waals surface area contributed by atoms with E-state index in [-0.39, 0.29) is 0 Å². The fraction of sp³-hybridized carbons (Fsp3) is 1.00. The van der Waals surface area contributed by atoms with Gasteiger partial charge in [0.05, 0.1) is 0 Å². The molecular weight excluding hydrogens is 198 g/mol. The van der Waals surface area contributed by atoms with E-state index in [2.05, 4.69) is 42.6 Å². The molecule has 0 aromatic heterocycles. The Morgan fingerprint density at radius 3 is 1.88 bits per heavy atom. The van der Waals surface area contributed by atoms with E-state index in [1.807, 2.05) is 0 Å². The van der Waals surface area contributed by atoms with Gasteiger partial charge in [0.2, 0.25) is 0 Å². The average Bonchev–Trinajstić information content (AvgIpc) is 2.26. The number of nitrogens with zero attached hydrogens (tertiary/aromatic N) is 3. The van der Waals surface area contributed by atoms with Crippen molar-refractivity contribution in [2.75, 3.05) is 40.3 Å². The predicted octanol–water partition coefficient (Wildman–Crippen LogP) is 1.10. The second-order valence-electron chi connectivity index (χ2n) is 5.85. The van der Waals surface area contributed by atoms with Crippen LogP contribution in [0.4, 0.5) is 0 Å². The maximum Gasteiger partial charge on any atom is 0.0195 e. The largest absolute Gasteiger partial charge is 0.306 e. The van der Waals surface area contributed by atoms with E-state index in [1.54, 1.807) is 0 Å². The highest BCUT2D eigenvalue weighted by molar-refractivity contribution is 4.88. The van der Waals surface area contributed by atoms with Gasteiger partial charge in [-0.15, -0.1) is 0 Å². The van der Waals surface area contributed by atoms with Crippen molar-refractivity contribution in [1.29, 1.82) is 0 Å². The molecule has 0 aliphatic carbocycles. The Balaban J connectivity index is 1.90. The Morgan fingerprint density at radius 2 is 1.38 bits per heavy atom. The van der Waals surface area contributed by atoms with Crippen molar-refractivity contribution in [2.45, 2.75) is 44.8 Å². The Bertz CT molecular complexity index is 211. The number of likely N-dealkylation sites (tertiary alicyclic amines) is 1. The fourth-order valence-electron chi connectivity index (χ4n) is 3.10. The van der Waals surface area contributed by atoms with Gasteiger partial charge >= 0.3 is 0 Å². The molecule has 0 saturated carbocycles. The van der Waals surface area contributed by atoms with Gasteiger partial charge in [-0.05, 0) is 53.9 Å². The molecule has 0 spiro atoms. The van der Waals surface area contributed by atoms with Crippen molar-refractivity contribution >= 4 is 0 Å². The zero-order chi connectivity index (χ0) is 11.7. The predicted molar refractivity (Wildman–Crippen MR) is 68.8 cm³/mol. The van der Waals surface area contributed by atoms with Crippen LogP contribution in [0.2, 0.25) is 0 Å². The topological polar surface area (TPSA) is 9.72 Å². The number of hydrogen-bond acceptors (Lipinski definition) is 3. The molecule has 0 radical (unpaired) electrons. The maximum absolute atomic E-state index is 2.74. The fourth-order valence-corrected chi connectivity index (χ4v) is 3.10. The van der Waals surface area contributed by atoms with Gasteiger partial charge in [-0.2, -0.15) is 0 Å². The zero-order valence-corrected chi connectivity index (χ0v) is 11.3. The van der Waals surface area contributed by atoms with Crippen LogP contribution in [0.25, 0.3) is 0 Å². The van der Waals surface area contributed by atoms with Gasteiger partial charge in [0, 0.05) is 31.2 Å². The summed E-state index contributed by atoms with van der Waals surface area (Å²) in [5.41, 5.74) is 0. The van der Waals surface area contributed by atoms with E-state index < -0.39 is 0 Å². The second kappa shape index (κ2) is 5.03. The minimum absolute atomic E-state index is 0.711. The molecule has 0 aromatic rings. The summed E-state index contributed by atoms with van der Waals surface area (Å²) >= 11 is 0. The van der Waals surface area contributed by atoms with Gasteiger partial charge in [0.15, 0.2) is 0 Å². The van der Waals surface area contributed by atoms with Crippen LogP contribution in [0, 0.1) is 0 Å². The molecule has 0 aromatic carbocycles. The van der Waals surface area contributed by atoms with Gasteiger partial charge in [0.25, 0.3) is 0 Å². The number of rotatable bonds is 1. The first kappa shape index (κ1) is 12.3. The Hall–Kier alpha value is -0.120. The number of hydrogen-bond donors (Lipinski definition) is 0. The van der Waals surface area contributed by atoms with Gasteiger partial charge in [0.1, 0.15) is 0 Å². The minimum atomic E-state index is 0.711. The highest BCUT2D eigenvalue weighted by atomic mass is 15.3. The summed E-state index contributed by atoms with van der Waals surface area (Å²) in [5.74, 6) is 0. The first-order chi connectivity index (χ1) is 7.58. The third-order valence-electron chi connectivity index (χ3n) is 4.59. The van der Waals surface area contributed by atoms with E-state index in [0.29, 0.717) is 12.1 Å². The molecule has 3 nitrogen and oxygen atoms in total. The van der Waals surface area contributed by atoms with E-state index in [9.17, 15) is 0 Å². The molecule has 2 atom stereocenters. The van der Waals surface area contributed by atoms with Crippen molar-refractivity contribution < 1.29 is 0 Å². The number of likely N-dealkylation sites (N-methyl/N-ethyl adjacent to an activating group) is 1. The molecule has 94 valence electrons. The molecule has 16 heavy (non-hydrogen) atoms. The van der Waals surface area contributed by atoms with Crippen LogP contribution in [0.3, 0.4) is 0 Å². The van der Waals surface area contributed by atoms with E-state index in [1.165, 1.54) is 39.0 Å². The van der Waals surface area contributed by atoms with Gasteiger partial charge in [-0.3, -0.25) is 9.80 Å². The molecule has 0 N–H and O–H groups in total. The maximum atomic E-state index is 2.74. The third-order valence-corrected chi connectivity index (χ3v) is 4.59. The first-order valence-electron chi connectivity index (χ1n) is 6.72. The molecule has 2 fully saturated rings. The van der Waals surface area contributed by atoms with Crippen molar-refractivity contribution in [2.24, 2.45) is 0 Å². The highest BCUT2D eigenvalue weighted by Gasteiger charge is 2.31. The summed E-state index contributed by atoms with van der Waals surface area (Å²) in [6.07, 6.45) is 2.72. The lowest BCUT2D eigenvalue weighted by molar-refractivity contribution is 0.0158. The van der Waals surface area contributed by atoms with Crippen molar-refractivity contribution in [1.82, 2.24) is 14.7 Å². The van der Waals surface area contributed by atoms with E-state index in [4.69, 9.17) is 0 Å². The molecule has 0 bridgehead atoms. The van der Waals surface area contributed by atoms with Crippen LogP contribution >= 0.6 is 0 Å². The zero-order valence-electron chi connectivity index (χ0n) is 11.3.